The molecule has 0 unspecified atom stereocenters. The van der Waals surface area contributed by atoms with E-state index in [1.54, 1.807) is 18.0 Å². The third kappa shape index (κ3) is 1.56. The van der Waals surface area contributed by atoms with Crippen molar-refractivity contribution in [2.24, 2.45) is 0 Å². The molecule has 0 atom stereocenters. The van der Waals surface area contributed by atoms with Gasteiger partial charge in [-0.1, -0.05) is 0 Å². The van der Waals surface area contributed by atoms with Crippen LogP contribution in [0.15, 0.2) is 22.6 Å². The molecule has 0 saturated carbocycles. The van der Waals surface area contributed by atoms with Crippen molar-refractivity contribution in [2.75, 3.05) is 13.7 Å². The molecule has 0 radical (unpaired) electrons. The SMILES string of the molecule is COCCn1cnc2ccsc2c1=O. The Morgan fingerprint density at radius 3 is 3.29 bits per heavy atom. The second-order valence-corrected chi connectivity index (χ2v) is 3.79. The maximum absolute atomic E-state index is 11.8. The van der Waals surface area contributed by atoms with E-state index < -0.39 is 0 Å². The minimum absolute atomic E-state index is 0.0158. The quantitative estimate of drug-likeness (QED) is 0.762. The molecule has 14 heavy (non-hydrogen) atoms. The fraction of sp³-hybridized carbons (Fsp3) is 0.333. The van der Waals surface area contributed by atoms with E-state index in [1.807, 2.05) is 11.4 Å². The van der Waals surface area contributed by atoms with E-state index in [-0.39, 0.29) is 5.56 Å². The van der Waals surface area contributed by atoms with Gasteiger partial charge in [0.1, 0.15) is 4.70 Å². The van der Waals surface area contributed by atoms with Gasteiger partial charge in [0, 0.05) is 7.11 Å². The number of methoxy groups -OCH3 is 1. The molecule has 0 bridgehead atoms. The Morgan fingerprint density at radius 2 is 2.50 bits per heavy atom. The number of aromatic nitrogens is 2. The maximum Gasteiger partial charge on any atom is 0.271 e. The number of nitrogens with zero attached hydrogens (tertiary/aromatic N) is 2. The summed E-state index contributed by atoms with van der Waals surface area (Å²) in [5.74, 6) is 0. The summed E-state index contributed by atoms with van der Waals surface area (Å²) in [7, 11) is 1.61. The van der Waals surface area contributed by atoms with Gasteiger partial charge in [0.05, 0.1) is 25.0 Å². The highest BCUT2D eigenvalue weighted by atomic mass is 32.1. The van der Waals surface area contributed by atoms with Crippen molar-refractivity contribution in [3.05, 3.63) is 28.1 Å². The molecule has 0 N–H and O–H groups in total. The second-order valence-electron chi connectivity index (χ2n) is 2.87. The smallest absolute Gasteiger partial charge is 0.271 e. The van der Waals surface area contributed by atoms with Crippen LogP contribution in [-0.2, 0) is 11.3 Å². The summed E-state index contributed by atoms with van der Waals surface area (Å²) in [6, 6.07) is 1.85. The number of fused-ring (bicyclic) bond motifs is 1. The molecule has 2 aromatic heterocycles. The van der Waals surface area contributed by atoms with Gasteiger partial charge in [0.25, 0.3) is 5.56 Å². The zero-order valence-electron chi connectivity index (χ0n) is 7.77. The van der Waals surface area contributed by atoms with Gasteiger partial charge in [-0.3, -0.25) is 9.36 Å². The van der Waals surface area contributed by atoms with Crippen LogP contribution in [0.1, 0.15) is 0 Å². The maximum atomic E-state index is 11.8. The molecule has 0 aromatic carbocycles. The Balaban J connectivity index is 2.46. The Labute approximate surface area is 84.8 Å². The van der Waals surface area contributed by atoms with Crippen molar-refractivity contribution >= 4 is 21.6 Å². The molecule has 0 amide bonds. The summed E-state index contributed by atoms with van der Waals surface area (Å²) in [5, 5.41) is 1.87. The van der Waals surface area contributed by atoms with E-state index in [4.69, 9.17) is 4.74 Å². The van der Waals surface area contributed by atoms with E-state index in [2.05, 4.69) is 4.98 Å². The number of rotatable bonds is 3. The first kappa shape index (κ1) is 9.36. The molecule has 0 aliphatic heterocycles. The topological polar surface area (TPSA) is 44.1 Å². The standard InChI is InChI=1S/C9H10N2O2S/c1-13-4-3-11-6-10-7-2-5-14-8(7)9(11)12/h2,5-6H,3-4H2,1H3. The highest BCUT2D eigenvalue weighted by Gasteiger charge is 2.03. The predicted molar refractivity (Wildman–Crippen MR) is 55.8 cm³/mol. The monoisotopic (exact) mass is 210 g/mol. The summed E-state index contributed by atoms with van der Waals surface area (Å²) in [6.45, 7) is 1.08. The van der Waals surface area contributed by atoms with Crippen molar-refractivity contribution < 1.29 is 4.74 Å². The van der Waals surface area contributed by atoms with Crippen molar-refractivity contribution in [2.45, 2.75) is 6.54 Å². The van der Waals surface area contributed by atoms with Crippen molar-refractivity contribution in [3.8, 4) is 0 Å². The number of hydrogen-bond acceptors (Lipinski definition) is 4. The summed E-state index contributed by atoms with van der Waals surface area (Å²) >= 11 is 1.42. The molecule has 4 nitrogen and oxygen atoms in total. The summed E-state index contributed by atoms with van der Waals surface area (Å²) in [4.78, 5) is 15.9. The molecule has 2 aromatic rings. The predicted octanol–water partition coefficient (Wildman–Crippen LogP) is 1.10. The highest BCUT2D eigenvalue weighted by molar-refractivity contribution is 7.17. The van der Waals surface area contributed by atoms with E-state index in [1.165, 1.54) is 11.3 Å². The Morgan fingerprint density at radius 1 is 1.64 bits per heavy atom. The first-order chi connectivity index (χ1) is 6.83. The molecular formula is C9H10N2O2S. The van der Waals surface area contributed by atoms with Crippen LogP contribution in [0.25, 0.3) is 10.2 Å². The Bertz CT molecular complexity index is 489. The molecule has 5 heteroatoms. The third-order valence-electron chi connectivity index (χ3n) is 1.97. The lowest BCUT2D eigenvalue weighted by Gasteiger charge is -2.02. The molecular weight excluding hydrogens is 200 g/mol. The largest absolute Gasteiger partial charge is 0.383 e. The van der Waals surface area contributed by atoms with Crippen molar-refractivity contribution in [1.29, 1.82) is 0 Å². The minimum Gasteiger partial charge on any atom is -0.383 e. The minimum atomic E-state index is 0.0158. The van der Waals surface area contributed by atoms with Crippen LogP contribution in [0.2, 0.25) is 0 Å². The van der Waals surface area contributed by atoms with E-state index in [0.29, 0.717) is 17.9 Å². The van der Waals surface area contributed by atoms with Gasteiger partial charge in [0.15, 0.2) is 0 Å². The number of hydrogen-bond donors (Lipinski definition) is 0. The lowest BCUT2D eigenvalue weighted by atomic mass is 10.4. The fourth-order valence-corrected chi connectivity index (χ4v) is 2.02. The van der Waals surface area contributed by atoms with Gasteiger partial charge < -0.3 is 4.74 Å². The van der Waals surface area contributed by atoms with Gasteiger partial charge in [0.2, 0.25) is 0 Å². The zero-order valence-corrected chi connectivity index (χ0v) is 8.58. The lowest BCUT2D eigenvalue weighted by molar-refractivity contribution is 0.186. The average molecular weight is 210 g/mol. The average Bonchev–Trinajstić information content (AvgIpc) is 2.66. The molecule has 0 aliphatic rings. The Kier molecular flexibility index (Phi) is 2.60. The summed E-state index contributed by atoms with van der Waals surface area (Å²) < 4.78 is 7.19. The number of thiophene rings is 1. The summed E-state index contributed by atoms with van der Waals surface area (Å²) in [6.07, 6.45) is 1.57. The third-order valence-corrected chi connectivity index (χ3v) is 2.86. The van der Waals surface area contributed by atoms with E-state index >= 15 is 0 Å². The normalized spacial score (nSPS) is 10.9. The van der Waals surface area contributed by atoms with Gasteiger partial charge >= 0.3 is 0 Å². The highest BCUT2D eigenvalue weighted by Crippen LogP contribution is 2.12. The first-order valence-electron chi connectivity index (χ1n) is 4.24. The van der Waals surface area contributed by atoms with Gasteiger partial charge in [-0.2, -0.15) is 0 Å². The molecule has 0 saturated heterocycles. The van der Waals surface area contributed by atoms with Crippen LogP contribution in [0, 0.1) is 0 Å². The van der Waals surface area contributed by atoms with Crippen LogP contribution < -0.4 is 5.56 Å². The zero-order chi connectivity index (χ0) is 9.97. The molecule has 0 fully saturated rings. The van der Waals surface area contributed by atoms with Crippen LogP contribution in [0.3, 0.4) is 0 Å². The van der Waals surface area contributed by atoms with Gasteiger partial charge in [-0.25, -0.2) is 4.98 Å². The van der Waals surface area contributed by atoms with E-state index in [0.717, 1.165) is 5.52 Å². The molecule has 0 spiro atoms. The summed E-state index contributed by atoms with van der Waals surface area (Å²) in [5.41, 5.74) is 0.788. The van der Waals surface area contributed by atoms with Crippen LogP contribution in [0.5, 0.6) is 0 Å². The van der Waals surface area contributed by atoms with Crippen molar-refractivity contribution in [1.82, 2.24) is 9.55 Å². The van der Waals surface area contributed by atoms with Gasteiger partial charge in [-0.15, -0.1) is 11.3 Å². The second kappa shape index (κ2) is 3.89. The first-order valence-corrected chi connectivity index (χ1v) is 5.12. The fourth-order valence-electron chi connectivity index (χ4n) is 1.23. The van der Waals surface area contributed by atoms with Crippen LogP contribution in [0.4, 0.5) is 0 Å². The Hall–Kier alpha value is -1.20. The van der Waals surface area contributed by atoms with E-state index in [9.17, 15) is 4.79 Å². The molecule has 2 rings (SSSR count). The lowest BCUT2D eigenvalue weighted by Crippen LogP contribution is -2.21. The molecule has 2 heterocycles. The van der Waals surface area contributed by atoms with Crippen LogP contribution in [-0.4, -0.2) is 23.3 Å². The van der Waals surface area contributed by atoms with Crippen molar-refractivity contribution in [3.63, 3.8) is 0 Å². The van der Waals surface area contributed by atoms with Gasteiger partial charge in [-0.05, 0) is 11.4 Å². The molecule has 0 aliphatic carbocycles. The molecule has 74 valence electrons. The number of ether oxygens (including phenoxy) is 1. The van der Waals surface area contributed by atoms with Crippen LogP contribution >= 0.6 is 11.3 Å².